The van der Waals surface area contributed by atoms with Crippen molar-refractivity contribution in [3.05, 3.63) is 46.2 Å². The minimum atomic E-state index is -0.256. The Morgan fingerprint density at radius 3 is 2.83 bits per heavy atom. The standard InChI is InChI=1S/C19H24Cl2N6O2/c1-13-12-27(6-7-29-13)17-3-2-14(9-24-17)10-26-19(28)23-5-4-22-18-16(21)8-15(20)11-25-18/h2-3,8-9,11,13H,4-7,10,12H2,1H3,(H,22,25)(H2,23,26,28). The van der Waals surface area contributed by atoms with E-state index >= 15 is 0 Å². The van der Waals surface area contributed by atoms with E-state index in [0.717, 1.165) is 24.5 Å². The maximum absolute atomic E-state index is 11.9. The summed E-state index contributed by atoms with van der Waals surface area (Å²) in [4.78, 5) is 22.7. The van der Waals surface area contributed by atoms with Gasteiger partial charge in [0.25, 0.3) is 0 Å². The molecule has 0 spiro atoms. The summed E-state index contributed by atoms with van der Waals surface area (Å²) in [7, 11) is 0. The number of halogens is 2. The van der Waals surface area contributed by atoms with Gasteiger partial charge >= 0.3 is 6.03 Å². The largest absolute Gasteiger partial charge is 0.375 e. The fourth-order valence-electron chi connectivity index (χ4n) is 2.88. The van der Waals surface area contributed by atoms with Crippen molar-refractivity contribution in [2.45, 2.75) is 19.6 Å². The van der Waals surface area contributed by atoms with Gasteiger partial charge in [0.1, 0.15) is 11.6 Å². The topological polar surface area (TPSA) is 91.4 Å². The maximum Gasteiger partial charge on any atom is 0.315 e. The van der Waals surface area contributed by atoms with Crippen LogP contribution in [0.4, 0.5) is 16.4 Å². The molecule has 2 aromatic heterocycles. The second-order valence-corrected chi connectivity index (χ2v) is 7.52. The molecule has 1 saturated heterocycles. The van der Waals surface area contributed by atoms with Crippen LogP contribution < -0.4 is 20.9 Å². The first kappa shape index (κ1) is 21.4. The smallest absolute Gasteiger partial charge is 0.315 e. The average molecular weight is 439 g/mol. The number of rotatable bonds is 7. The van der Waals surface area contributed by atoms with E-state index in [1.165, 1.54) is 6.20 Å². The van der Waals surface area contributed by atoms with Crippen LogP contribution in [0.1, 0.15) is 12.5 Å². The van der Waals surface area contributed by atoms with Crippen molar-refractivity contribution in [3.8, 4) is 0 Å². The second kappa shape index (κ2) is 10.5. The molecule has 0 saturated carbocycles. The first-order valence-electron chi connectivity index (χ1n) is 9.39. The van der Waals surface area contributed by atoms with Crippen LogP contribution in [-0.4, -0.2) is 54.9 Å². The Hall–Kier alpha value is -2.29. The maximum atomic E-state index is 11.9. The number of carbonyl (C=O) groups excluding carboxylic acids is 1. The molecule has 3 N–H and O–H groups in total. The number of anilines is 2. The van der Waals surface area contributed by atoms with Crippen LogP contribution in [0.15, 0.2) is 30.6 Å². The lowest BCUT2D eigenvalue weighted by molar-refractivity contribution is 0.0529. The Morgan fingerprint density at radius 1 is 1.24 bits per heavy atom. The molecule has 1 fully saturated rings. The minimum Gasteiger partial charge on any atom is -0.375 e. The van der Waals surface area contributed by atoms with E-state index in [1.54, 1.807) is 12.3 Å². The van der Waals surface area contributed by atoms with Gasteiger partial charge in [-0.3, -0.25) is 0 Å². The molecule has 10 heteroatoms. The molecule has 29 heavy (non-hydrogen) atoms. The van der Waals surface area contributed by atoms with E-state index in [4.69, 9.17) is 27.9 Å². The van der Waals surface area contributed by atoms with Crippen LogP contribution in [0.25, 0.3) is 0 Å². The fourth-order valence-corrected chi connectivity index (χ4v) is 3.33. The van der Waals surface area contributed by atoms with Crippen LogP contribution >= 0.6 is 23.2 Å². The van der Waals surface area contributed by atoms with E-state index in [1.807, 2.05) is 12.1 Å². The van der Waals surface area contributed by atoms with E-state index in [2.05, 4.69) is 37.7 Å². The summed E-state index contributed by atoms with van der Waals surface area (Å²) >= 11 is 11.8. The first-order chi connectivity index (χ1) is 14.0. The summed E-state index contributed by atoms with van der Waals surface area (Å²) in [5.41, 5.74) is 0.931. The third-order valence-corrected chi connectivity index (χ3v) is 4.83. The Bertz CT molecular complexity index is 821. The number of urea groups is 1. The number of carbonyl (C=O) groups is 1. The number of ether oxygens (including phenoxy) is 1. The summed E-state index contributed by atoms with van der Waals surface area (Å²) in [6, 6.07) is 5.29. The van der Waals surface area contributed by atoms with Crippen molar-refractivity contribution < 1.29 is 9.53 Å². The van der Waals surface area contributed by atoms with Crippen LogP contribution in [0, 0.1) is 0 Å². The number of amides is 2. The minimum absolute atomic E-state index is 0.205. The molecule has 8 nitrogen and oxygen atoms in total. The zero-order valence-electron chi connectivity index (χ0n) is 16.1. The molecule has 3 rings (SSSR count). The van der Waals surface area contributed by atoms with Gasteiger partial charge < -0.3 is 25.6 Å². The van der Waals surface area contributed by atoms with Crippen molar-refractivity contribution >= 4 is 40.9 Å². The summed E-state index contributed by atoms with van der Waals surface area (Å²) in [6.07, 6.45) is 3.50. The molecule has 0 aliphatic carbocycles. The summed E-state index contributed by atoms with van der Waals surface area (Å²) in [5.74, 6) is 1.45. The SMILES string of the molecule is CC1CN(c2ccc(CNC(=O)NCCNc3ncc(Cl)cc3Cl)cn2)CCO1. The molecular formula is C19H24Cl2N6O2. The fraction of sp³-hybridized carbons (Fsp3) is 0.421. The third-order valence-electron chi connectivity index (χ3n) is 4.34. The van der Waals surface area contributed by atoms with Gasteiger partial charge in [-0.15, -0.1) is 0 Å². The highest BCUT2D eigenvalue weighted by atomic mass is 35.5. The number of aromatic nitrogens is 2. The Kier molecular flexibility index (Phi) is 7.74. The molecule has 0 bridgehead atoms. The van der Waals surface area contributed by atoms with Gasteiger partial charge in [0.05, 0.1) is 22.8 Å². The van der Waals surface area contributed by atoms with Crippen LogP contribution in [0.2, 0.25) is 10.0 Å². The molecule has 2 amide bonds. The quantitative estimate of drug-likeness (QED) is 0.575. The lowest BCUT2D eigenvalue weighted by Crippen LogP contribution is -2.41. The molecule has 2 aromatic rings. The normalized spacial score (nSPS) is 16.4. The lowest BCUT2D eigenvalue weighted by atomic mass is 10.2. The third kappa shape index (κ3) is 6.62. The number of nitrogens with zero attached hydrogens (tertiary/aromatic N) is 3. The Labute approximate surface area is 179 Å². The van der Waals surface area contributed by atoms with Gasteiger partial charge in [-0.05, 0) is 24.6 Å². The highest BCUT2D eigenvalue weighted by Gasteiger charge is 2.17. The van der Waals surface area contributed by atoms with Gasteiger partial charge in [0.15, 0.2) is 0 Å². The Morgan fingerprint density at radius 2 is 2.10 bits per heavy atom. The van der Waals surface area contributed by atoms with Gasteiger partial charge in [-0.1, -0.05) is 29.3 Å². The number of hydrogen-bond donors (Lipinski definition) is 3. The van der Waals surface area contributed by atoms with Crippen LogP contribution in [0.5, 0.6) is 0 Å². The number of morpholine rings is 1. The van der Waals surface area contributed by atoms with Crippen molar-refractivity contribution in [2.75, 3.05) is 43.0 Å². The summed E-state index contributed by atoms with van der Waals surface area (Å²) < 4.78 is 5.55. The second-order valence-electron chi connectivity index (χ2n) is 6.67. The van der Waals surface area contributed by atoms with Gasteiger partial charge in [0, 0.05) is 45.1 Å². The molecule has 1 aliphatic rings. The lowest BCUT2D eigenvalue weighted by Gasteiger charge is -2.32. The number of hydrogen-bond acceptors (Lipinski definition) is 6. The highest BCUT2D eigenvalue weighted by Crippen LogP contribution is 2.22. The molecule has 0 aromatic carbocycles. The van der Waals surface area contributed by atoms with Crippen molar-refractivity contribution in [2.24, 2.45) is 0 Å². The summed E-state index contributed by atoms with van der Waals surface area (Å²) in [6.45, 7) is 5.73. The average Bonchev–Trinajstić information content (AvgIpc) is 2.71. The first-order valence-corrected chi connectivity index (χ1v) is 10.1. The molecule has 1 aliphatic heterocycles. The molecular weight excluding hydrogens is 415 g/mol. The number of nitrogens with one attached hydrogen (secondary N) is 3. The molecule has 0 radical (unpaired) electrons. The van der Waals surface area contributed by atoms with Crippen LogP contribution in [0.3, 0.4) is 0 Å². The highest BCUT2D eigenvalue weighted by molar-refractivity contribution is 6.35. The van der Waals surface area contributed by atoms with Crippen molar-refractivity contribution in [1.29, 1.82) is 0 Å². The molecule has 156 valence electrons. The monoisotopic (exact) mass is 438 g/mol. The van der Waals surface area contributed by atoms with E-state index in [9.17, 15) is 4.79 Å². The Balaban J connectivity index is 1.35. The van der Waals surface area contributed by atoms with E-state index < -0.39 is 0 Å². The summed E-state index contributed by atoms with van der Waals surface area (Å²) in [5, 5.41) is 9.53. The van der Waals surface area contributed by atoms with Crippen LogP contribution in [-0.2, 0) is 11.3 Å². The predicted octanol–water partition coefficient (Wildman–Crippen LogP) is 2.92. The molecule has 1 atom stereocenters. The zero-order chi connectivity index (χ0) is 20.6. The zero-order valence-corrected chi connectivity index (χ0v) is 17.6. The van der Waals surface area contributed by atoms with Crippen molar-refractivity contribution in [1.82, 2.24) is 20.6 Å². The van der Waals surface area contributed by atoms with E-state index in [0.29, 0.717) is 42.1 Å². The molecule has 3 heterocycles. The molecule has 1 unspecified atom stereocenters. The van der Waals surface area contributed by atoms with Crippen molar-refractivity contribution in [3.63, 3.8) is 0 Å². The van der Waals surface area contributed by atoms with Gasteiger partial charge in [-0.2, -0.15) is 0 Å². The van der Waals surface area contributed by atoms with E-state index in [-0.39, 0.29) is 12.1 Å². The van der Waals surface area contributed by atoms with Gasteiger partial charge in [-0.25, -0.2) is 14.8 Å². The van der Waals surface area contributed by atoms with Gasteiger partial charge in [0.2, 0.25) is 0 Å². The number of pyridine rings is 2. The predicted molar refractivity (Wildman–Crippen MR) is 115 cm³/mol.